The molecule has 1 aromatic rings. The minimum Gasteiger partial charge on any atom is -0.495 e. The van der Waals surface area contributed by atoms with Crippen molar-refractivity contribution in [1.82, 2.24) is 26.1 Å². The smallest absolute Gasteiger partial charge is 0.262 e. The molecule has 0 bridgehead atoms. The highest BCUT2D eigenvalue weighted by molar-refractivity contribution is 8.00. The number of aliphatic hydroxyl groups is 1. The molecule has 1 saturated carbocycles. The number of aromatic nitrogens is 1. The Morgan fingerprint density at radius 3 is 2.81 bits per heavy atom. The molecule has 8 nitrogen and oxygen atoms in total. The van der Waals surface area contributed by atoms with Crippen molar-refractivity contribution < 1.29 is 23.4 Å². The molecule has 1 aliphatic carbocycles. The van der Waals surface area contributed by atoms with Gasteiger partial charge in [-0.25, -0.2) is 24.6 Å². The van der Waals surface area contributed by atoms with E-state index in [2.05, 4.69) is 33.0 Å². The van der Waals surface area contributed by atoms with Crippen LogP contribution in [0.1, 0.15) is 54.7 Å². The van der Waals surface area contributed by atoms with E-state index in [1.807, 2.05) is 0 Å². The summed E-state index contributed by atoms with van der Waals surface area (Å²) in [6.45, 7) is 3.30. The van der Waals surface area contributed by atoms with Crippen LogP contribution in [0, 0.1) is 17.8 Å². The monoisotopic (exact) mass is 519 g/mol. The van der Waals surface area contributed by atoms with Crippen LogP contribution in [0.25, 0.3) is 5.57 Å². The van der Waals surface area contributed by atoms with E-state index in [1.165, 1.54) is 30.5 Å². The molecule has 4 rings (SSSR count). The Labute approximate surface area is 213 Å². The fourth-order valence-electron chi connectivity index (χ4n) is 3.89. The normalized spacial score (nSPS) is 24.1. The molecule has 194 valence electrons. The van der Waals surface area contributed by atoms with Crippen molar-refractivity contribution in [2.24, 2.45) is 5.92 Å². The van der Waals surface area contributed by atoms with Gasteiger partial charge in [-0.15, -0.1) is 0 Å². The van der Waals surface area contributed by atoms with Crippen LogP contribution < -0.4 is 16.2 Å². The van der Waals surface area contributed by atoms with Crippen LogP contribution in [0.15, 0.2) is 30.3 Å². The third-order valence-electron chi connectivity index (χ3n) is 6.00. The highest BCUT2D eigenvalue weighted by atomic mass is 32.2. The first kappa shape index (κ1) is 26.4. The third kappa shape index (κ3) is 6.37. The van der Waals surface area contributed by atoms with Crippen LogP contribution in [0.5, 0.6) is 0 Å². The van der Waals surface area contributed by atoms with Crippen LogP contribution >= 0.6 is 11.8 Å². The van der Waals surface area contributed by atoms with Crippen molar-refractivity contribution in [2.45, 2.75) is 62.0 Å². The first-order valence-electron chi connectivity index (χ1n) is 11.7. The average Bonchev–Trinajstić information content (AvgIpc) is 3.56. The van der Waals surface area contributed by atoms with Gasteiger partial charge in [0, 0.05) is 37.0 Å². The second kappa shape index (κ2) is 10.8. The Morgan fingerprint density at radius 1 is 1.42 bits per heavy atom. The standard InChI is InChI=1S/C25H31F2N5O3S/c1-25(2,34)9-5-6-15-10-16(17-11-19(21(26)27)32(3)13-20(17)35-4)18(12-28-15)22(33)29-24-31-30-23(36-24)14-7-8-14/h10-14,19,21,23-24,30-31,34H,7-9H2,1-4H3,(H,29,33). The molecule has 1 saturated heterocycles. The fourth-order valence-corrected chi connectivity index (χ4v) is 5.13. The number of pyridine rings is 1. The SMILES string of the molecule is COC1=CN(C)C(C(F)F)C=C1c1cc(C#CCC(C)(C)O)ncc1C(=O)NC1NNC(C2CC2)S1. The van der Waals surface area contributed by atoms with Gasteiger partial charge in [-0.05, 0) is 50.7 Å². The molecule has 1 aromatic heterocycles. The topological polar surface area (TPSA) is 98.8 Å². The van der Waals surface area contributed by atoms with Gasteiger partial charge in [0.25, 0.3) is 12.3 Å². The molecule has 2 aliphatic heterocycles. The molecule has 36 heavy (non-hydrogen) atoms. The van der Waals surface area contributed by atoms with Crippen LogP contribution in [0.3, 0.4) is 0 Å². The number of ether oxygens (including phenoxy) is 1. The van der Waals surface area contributed by atoms with Crippen molar-refractivity contribution in [3.8, 4) is 11.8 Å². The highest BCUT2D eigenvalue weighted by Crippen LogP contribution is 2.40. The molecule has 3 aliphatic rings. The van der Waals surface area contributed by atoms with E-state index in [4.69, 9.17) is 4.74 Å². The number of methoxy groups -OCH3 is 1. The number of likely N-dealkylation sites (N-methyl/N-ethyl adjacent to an activating group) is 1. The number of alkyl halides is 2. The van der Waals surface area contributed by atoms with Gasteiger partial charge < -0.3 is 20.1 Å². The molecule has 0 radical (unpaired) electrons. The van der Waals surface area contributed by atoms with Crippen LogP contribution in [0.4, 0.5) is 8.78 Å². The summed E-state index contributed by atoms with van der Waals surface area (Å²) in [5, 5.41) is 13.1. The molecule has 3 heterocycles. The lowest BCUT2D eigenvalue weighted by atomic mass is 9.94. The zero-order chi connectivity index (χ0) is 26.0. The summed E-state index contributed by atoms with van der Waals surface area (Å²) in [6, 6.07) is 0.405. The summed E-state index contributed by atoms with van der Waals surface area (Å²) in [5.41, 5.74) is 6.28. The maximum absolute atomic E-state index is 13.8. The van der Waals surface area contributed by atoms with Crippen molar-refractivity contribution in [2.75, 3.05) is 14.2 Å². The van der Waals surface area contributed by atoms with E-state index >= 15 is 0 Å². The minimum absolute atomic E-state index is 0.215. The summed E-state index contributed by atoms with van der Waals surface area (Å²) in [7, 11) is 2.99. The summed E-state index contributed by atoms with van der Waals surface area (Å²) in [4.78, 5) is 19.0. The second-order valence-electron chi connectivity index (χ2n) is 9.71. The maximum Gasteiger partial charge on any atom is 0.262 e. The first-order valence-corrected chi connectivity index (χ1v) is 12.7. The maximum atomic E-state index is 13.8. The van der Waals surface area contributed by atoms with Gasteiger partial charge in [-0.2, -0.15) is 0 Å². The molecule has 0 aromatic carbocycles. The van der Waals surface area contributed by atoms with Gasteiger partial charge in [-0.3, -0.25) is 4.79 Å². The Balaban J connectivity index is 1.68. The van der Waals surface area contributed by atoms with Gasteiger partial charge in [-0.1, -0.05) is 17.7 Å². The Kier molecular flexibility index (Phi) is 7.90. The molecule has 3 atom stereocenters. The second-order valence-corrected chi connectivity index (χ2v) is 11.0. The van der Waals surface area contributed by atoms with Gasteiger partial charge in [0.1, 0.15) is 23.0 Å². The summed E-state index contributed by atoms with van der Waals surface area (Å²) >= 11 is 1.59. The lowest BCUT2D eigenvalue weighted by molar-refractivity contribution is 0.0780. The van der Waals surface area contributed by atoms with E-state index in [-0.39, 0.29) is 22.9 Å². The first-order chi connectivity index (χ1) is 17.1. The van der Waals surface area contributed by atoms with E-state index in [1.54, 1.807) is 38.7 Å². The Bertz CT molecular complexity index is 1120. The number of rotatable bonds is 7. The number of allylic oxidation sites excluding steroid dienone is 1. The quantitative estimate of drug-likeness (QED) is 0.408. The number of hydrazine groups is 1. The number of nitrogens with zero attached hydrogens (tertiary/aromatic N) is 2. The van der Waals surface area contributed by atoms with E-state index < -0.39 is 24.0 Å². The van der Waals surface area contributed by atoms with Gasteiger partial charge in [0.15, 0.2) is 0 Å². The van der Waals surface area contributed by atoms with E-state index in [9.17, 15) is 18.7 Å². The van der Waals surface area contributed by atoms with Gasteiger partial charge in [0.2, 0.25) is 0 Å². The number of carbonyl (C=O) groups is 1. The molecule has 11 heteroatoms. The predicted molar refractivity (Wildman–Crippen MR) is 134 cm³/mol. The molecule has 0 spiro atoms. The zero-order valence-electron chi connectivity index (χ0n) is 20.6. The minimum atomic E-state index is -2.64. The van der Waals surface area contributed by atoms with Crippen molar-refractivity contribution in [1.29, 1.82) is 0 Å². The molecule has 2 fully saturated rings. The van der Waals surface area contributed by atoms with E-state index in [0.717, 1.165) is 12.8 Å². The molecular formula is C25H31F2N5O3S. The molecular weight excluding hydrogens is 488 g/mol. The van der Waals surface area contributed by atoms with Crippen molar-refractivity contribution in [3.05, 3.63) is 47.1 Å². The molecule has 4 N–H and O–H groups in total. The number of hydrogen-bond donors (Lipinski definition) is 4. The number of halogens is 2. The fraction of sp³-hybridized carbons (Fsp3) is 0.520. The van der Waals surface area contributed by atoms with Gasteiger partial charge in [0.05, 0.1) is 23.6 Å². The summed E-state index contributed by atoms with van der Waals surface area (Å²) < 4.78 is 33.0. The third-order valence-corrected chi connectivity index (χ3v) is 7.30. The number of thioether (sulfide) groups is 1. The molecule has 1 amide bonds. The van der Waals surface area contributed by atoms with Crippen LogP contribution in [-0.2, 0) is 4.74 Å². The average molecular weight is 520 g/mol. The number of amides is 1. The lowest BCUT2D eigenvalue weighted by Crippen LogP contribution is -2.44. The van der Waals surface area contributed by atoms with Crippen molar-refractivity contribution in [3.63, 3.8) is 0 Å². The zero-order valence-corrected chi connectivity index (χ0v) is 21.5. The van der Waals surface area contributed by atoms with Crippen LogP contribution in [0.2, 0.25) is 0 Å². The Hall–Kier alpha value is -2.65. The number of hydrogen-bond acceptors (Lipinski definition) is 8. The highest BCUT2D eigenvalue weighted by Gasteiger charge is 2.38. The van der Waals surface area contributed by atoms with Crippen molar-refractivity contribution >= 4 is 23.2 Å². The lowest BCUT2D eigenvalue weighted by Gasteiger charge is -2.30. The van der Waals surface area contributed by atoms with Gasteiger partial charge >= 0.3 is 0 Å². The predicted octanol–water partition coefficient (Wildman–Crippen LogP) is 2.63. The number of nitrogens with one attached hydrogen (secondary N) is 3. The molecule has 3 unspecified atom stereocenters. The van der Waals surface area contributed by atoms with E-state index in [0.29, 0.717) is 28.5 Å². The summed E-state index contributed by atoms with van der Waals surface area (Å²) in [6.07, 6.45) is 4.19. The number of carbonyl (C=O) groups excluding carboxylic acids is 1. The van der Waals surface area contributed by atoms with Crippen LogP contribution in [-0.4, -0.2) is 64.0 Å². The summed E-state index contributed by atoms with van der Waals surface area (Å²) in [5.74, 6) is 6.31. The largest absolute Gasteiger partial charge is 0.495 e. The Morgan fingerprint density at radius 2 is 2.17 bits per heavy atom.